The molecule has 1 fully saturated rings. The van der Waals surface area contributed by atoms with E-state index >= 15 is 0 Å². The average Bonchev–Trinajstić information content (AvgIpc) is 2.48. The van der Waals surface area contributed by atoms with Crippen molar-refractivity contribution in [2.45, 2.75) is 58.3 Å². The molecular formula is C18H27NO. The lowest BCUT2D eigenvalue weighted by atomic mass is 9.77. The van der Waals surface area contributed by atoms with Crippen molar-refractivity contribution in [1.82, 2.24) is 0 Å². The third-order valence-corrected chi connectivity index (χ3v) is 4.89. The van der Waals surface area contributed by atoms with Gasteiger partial charge < -0.3 is 5.73 Å². The van der Waals surface area contributed by atoms with Gasteiger partial charge in [-0.25, -0.2) is 0 Å². The minimum Gasteiger partial charge on any atom is -0.399 e. The minimum absolute atomic E-state index is 0.298. The molecule has 2 rings (SSSR count). The summed E-state index contributed by atoms with van der Waals surface area (Å²) in [6.07, 6.45) is 6.62. The van der Waals surface area contributed by atoms with Crippen molar-refractivity contribution in [2.24, 2.45) is 11.8 Å². The standard InChI is InChI=1S/C18H27NO/c1-3-14-4-6-16(7-5-14)18(20)12-13(2)15-8-10-17(19)11-9-15/h8-11,13-14,16H,3-7,12,19H2,1-2H3. The zero-order valence-corrected chi connectivity index (χ0v) is 12.8. The zero-order valence-electron chi connectivity index (χ0n) is 12.8. The molecule has 0 spiro atoms. The van der Waals surface area contributed by atoms with Crippen LogP contribution >= 0.6 is 0 Å². The first-order chi connectivity index (χ1) is 9.60. The highest BCUT2D eigenvalue weighted by Crippen LogP contribution is 2.33. The Morgan fingerprint density at radius 2 is 1.80 bits per heavy atom. The molecule has 1 saturated carbocycles. The molecule has 0 aliphatic heterocycles. The van der Waals surface area contributed by atoms with Gasteiger partial charge in [0, 0.05) is 18.0 Å². The maximum Gasteiger partial charge on any atom is 0.136 e. The number of benzene rings is 1. The van der Waals surface area contributed by atoms with Crippen LogP contribution < -0.4 is 5.73 Å². The summed E-state index contributed by atoms with van der Waals surface area (Å²) in [7, 11) is 0. The van der Waals surface area contributed by atoms with Gasteiger partial charge in [0.25, 0.3) is 0 Å². The molecular weight excluding hydrogens is 246 g/mol. The van der Waals surface area contributed by atoms with Crippen LogP contribution in [0.1, 0.15) is 63.9 Å². The van der Waals surface area contributed by atoms with Crippen LogP contribution in [0.5, 0.6) is 0 Å². The normalized spacial score (nSPS) is 24.3. The summed E-state index contributed by atoms with van der Waals surface area (Å²) in [5.41, 5.74) is 7.70. The van der Waals surface area contributed by atoms with Gasteiger partial charge in [0.05, 0.1) is 0 Å². The summed E-state index contributed by atoms with van der Waals surface area (Å²) in [6.45, 7) is 4.40. The number of carbonyl (C=O) groups is 1. The van der Waals surface area contributed by atoms with E-state index in [-0.39, 0.29) is 0 Å². The summed E-state index contributed by atoms with van der Waals surface area (Å²) in [4.78, 5) is 12.4. The Bertz CT molecular complexity index is 429. The predicted molar refractivity (Wildman–Crippen MR) is 84.6 cm³/mol. The SMILES string of the molecule is CCC1CCC(C(=O)CC(C)c2ccc(N)cc2)CC1. The van der Waals surface area contributed by atoms with Gasteiger partial charge in [-0.1, -0.05) is 32.4 Å². The van der Waals surface area contributed by atoms with E-state index < -0.39 is 0 Å². The highest BCUT2D eigenvalue weighted by molar-refractivity contribution is 5.81. The van der Waals surface area contributed by atoms with Gasteiger partial charge in [0.2, 0.25) is 0 Å². The number of nitrogen functional groups attached to an aromatic ring is 1. The Balaban J connectivity index is 1.86. The summed E-state index contributed by atoms with van der Waals surface area (Å²) in [5.74, 6) is 1.93. The van der Waals surface area contributed by atoms with Gasteiger partial charge in [0.15, 0.2) is 0 Å². The fourth-order valence-electron chi connectivity index (χ4n) is 3.30. The van der Waals surface area contributed by atoms with E-state index in [2.05, 4.69) is 13.8 Å². The number of nitrogens with two attached hydrogens (primary N) is 1. The monoisotopic (exact) mass is 273 g/mol. The number of carbonyl (C=O) groups excluding carboxylic acids is 1. The molecule has 110 valence electrons. The predicted octanol–water partition coefficient (Wildman–Crippen LogP) is 4.55. The van der Waals surface area contributed by atoms with Crippen LogP contribution in [-0.2, 0) is 4.79 Å². The Morgan fingerprint density at radius 1 is 1.20 bits per heavy atom. The molecule has 0 saturated heterocycles. The third-order valence-electron chi connectivity index (χ3n) is 4.89. The lowest BCUT2D eigenvalue weighted by Gasteiger charge is -2.27. The second-order valence-corrected chi connectivity index (χ2v) is 6.36. The number of hydrogen-bond donors (Lipinski definition) is 1. The molecule has 1 aromatic rings. The lowest BCUT2D eigenvalue weighted by molar-refractivity contribution is -0.124. The van der Waals surface area contributed by atoms with Crippen molar-refractivity contribution in [3.63, 3.8) is 0 Å². The van der Waals surface area contributed by atoms with Crippen LogP contribution in [0.4, 0.5) is 5.69 Å². The second-order valence-electron chi connectivity index (χ2n) is 6.36. The lowest BCUT2D eigenvalue weighted by Crippen LogP contribution is -2.22. The number of ketones is 1. The Labute approximate surface area is 122 Å². The summed E-state index contributed by atoms with van der Waals surface area (Å²) >= 11 is 0. The van der Waals surface area contributed by atoms with Gasteiger partial charge >= 0.3 is 0 Å². The summed E-state index contributed by atoms with van der Waals surface area (Å²) in [5, 5.41) is 0. The molecule has 2 nitrogen and oxygen atoms in total. The van der Waals surface area contributed by atoms with Crippen LogP contribution in [-0.4, -0.2) is 5.78 Å². The first-order valence-electron chi connectivity index (χ1n) is 7.98. The van der Waals surface area contributed by atoms with Gasteiger partial charge in [-0.05, 0) is 55.2 Å². The Hall–Kier alpha value is -1.31. The fourth-order valence-corrected chi connectivity index (χ4v) is 3.30. The molecule has 1 atom stereocenters. The topological polar surface area (TPSA) is 43.1 Å². The second kappa shape index (κ2) is 6.92. The van der Waals surface area contributed by atoms with Crippen molar-refractivity contribution in [3.05, 3.63) is 29.8 Å². The highest BCUT2D eigenvalue weighted by Gasteiger charge is 2.26. The fraction of sp³-hybridized carbons (Fsp3) is 0.611. The van der Waals surface area contributed by atoms with Gasteiger partial charge in [-0.3, -0.25) is 4.79 Å². The van der Waals surface area contributed by atoms with E-state index in [1.807, 2.05) is 24.3 Å². The summed E-state index contributed by atoms with van der Waals surface area (Å²) < 4.78 is 0. The molecule has 2 heteroatoms. The van der Waals surface area contributed by atoms with E-state index in [0.717, 1.165) is 24.4 Å². The number of hydrogen-bond acceptors (Lipinski definition) is 2. The molecule has 0 amide bonds. The van der Waals surface area contributed by atoms with Crippen LogP contribution in [0, 0.1) is 11.8 Å². The smallest absolute Gasteiger partial charge is 0.136 e. The first kappa shape index (κ1) is 15.1. The van der Waals surface area contributed by atoms with Crippen LogP contribution in [0.25, 0.3) is 0 Å². The van der Waals surface area contributed by atoms with E-state index in [9.17, 15) is 4.79 Å². The molecule has 0 radical (unpaired) electrons. The molecule has 0 aromatic heterocycles. The Kier molecular flexibility index (Phi) is 5.22. The van der Waals surface area contributed by atoms with Crippen LogP contribution in [0.2, 0.25) is 0 Å². The zero-order chi connectivity index (χ0) is 14.5. The molecule has 1 aliphatic rings. The molecule has 0 bridgehead atoms. The van der Waals surface area contributed by atoms with Crippen molar-refractivity contribution in [1.29, 1.82) is 0 Å². The van der Waals surface area contributed by atoms with Crippen molar-refractivity contribution >= 4 is 11.5 Å². The summed E-state index contributed by atoms with van der Waals surface area (Å²) in [6, 6.07) is 7.92. The van der Waals surface area contributed by atoms with E-state index in [4.69, 9.17) is 5.73 Å². The van der Waals surface area contributed by atoms with Gasteiger partial charge in [0.1, 0.15) is 5.78 Å². The van der Waals surface area contributed by atoms with Crippen molar-refractivity contribution in [2.75, 3.05) is 5.73 Å². The third kappa shape index (κ3) is 3.84. The molecule has 1 aliphatic carbocycles. The molecule has 1 unspecified atom stereocenters. The van der Waals surface area contributed by atoms with Crippen molar-refractivity contribution < 1.29 is 4.79 Å². The van der Waals surface area contributed by atoms with Crippen molar-refractivity contribution in [3.8, 4) is 0 Å². The van der Waals surface area contributed by atoms with E-state index in [1.165, 1.54) is 24.8 Å². The van der Waals surface area contributed by atoms with Crippen LogP contribution in [0.15, 0.2) is 24.3 Å². The molecule has 2 N–H and O–H groups in total. The number of rotatable bonds is 5. The van der Waals surface area contributed by atoms with E-state index in [0.29, 0.717) is 24.0 Å². The van der Waals surface area contributed by atoms with Gasteiger partial charge in [-0.2, -0.15) is 0 Å². The Morgan fingerprint density at radius 3 is 2.35 bits per heavy atom. The maximum atomic E-state index is 12.4. The number of anilines is 1. The highest BCUT2D eigenvalue weighted by atomic mass is 16.1. The maximum absolute atomic E-state index is 12.4. The first-order valence-corrected chi connectivity index (χ1v) is 7.98. The quantitative estimate of drug-likeness (QED) is 0.800. The van der Waals surface area contributed by atoms with Gasteiger partial charge in [-0.15, -0.1) is 0 Å². The minimum atomic E-state index is 0.298. The van der Waals surface area contributed by atoms with Crippen LogP contribution in [0.3, 0.4) is 0 Å². The largest absolute Gasteiger partial charge is 0.399 e. The van der Waals surface area contributed by atoms with E-state index in [1.54, 1.807) is 0 Å². The molecule has 0 heterocycles. The molecule has 20 heavy (non-hydrogen) atoms. The molecule has 1 aromatic carbocycles. The number of Topliss-reactive ketones (excluding diaryl/α,β-unsaturated/α-hetero) is 1. The average molecular weight is 273 g/mol.